The molecule has 4 rings (SSSR count). The molecule has 2 amide bonds. The highest BCUT2D eigenvalue weighted by molar-refractivity contribution is 7.14. The number of hydrogen-bond acceptors (Lipinski definition) is 6. The van der Waals surface area contributed by atoms with Gasteiger partial charge in [0.25, 0.3) is 0 Å². The number of aromatic nitrogens is 4. The lowest BCUT2D eigenvalue weighted by atomic mass is 10.1. The first-order valence-electron chi connectivity index (χ1n) is 8.57. The number of amides is 2. The molecule has 1 aliphatic heterocycles. The van der Waals surface area contributed by atoms with Gasteiger partial charge in [-0.05, 0) is 33.7 Å². The van der Waals surface area contributed by atoms with Gasteiger partial charge in [0, 0.05) is 31.7 Å². The Kier molecular flexibility index (Phi) is 4.77. The van der Waals surface area contributed by atoms with E-state index in [0.717, 1.165) is 29.1 Å². The third-order valence-corrected chi connectivity index (χ3v) is 4.77. The molecule has 1 fully saturated rings. The number of nitrogens with one attached hydrogen (secondary N) is 2. The predicted molar refractivity (Wildman–Crippen MR) is 106 cm³/mol. The largest absolute Gasteiger partial charge is 0.497 e. The van der Waals surface area contributed by atoms with E-state index in [2.05, 4.69) is 35.0 Å². The van der Waals surface area contributed by atoms with Crippen LogP contribution in [0.25, 0.3) is 22.4 Å². The standard InChI is InChI=1S/C17H20N7O2P/c1-26-12-4-2-11(3-5-12)13-14-15(24(27)10-20-14)22-16(21-13)18-6-8-23-9-7-19-17(23)25/h2-5,10H,6-9,27H2,1H3,(H,19,25)(H,18,21,22). The molecule has 1 aromatic carbocycles. The second-order valence-electron chi connectivity index (χ2n) is 6.09. The molecule has 1 atom stereocenters. The smallest absolute Gasteiger partial charge is 0.317 e. The number of carbonyl (C=O) groups excluding carboxylic acids is 1. The molecule has 2 aromatic heterocycles. The van der Waals surface area contributed by atoms with Crippen LogP contribution in [0.2, 0.25) is 0 Å². The van der Waals surface area contributed by atoms with E-state index in [1.807, 2.05) is 24.3 Å². The zero-order chi connectivity index (χ0) is 18.8. The van der Waals surface area contributed by atoms with Crippen molar-refractivity contribution < 1.29 is 9.53 Å². The van der Waals surface area contributed by atoms with Crippen LogP contribution in [0, 0.1) is 0 Å². The fourth-order valence-electron chi connectivity index (χ4n) is 2.97. The van der Waals surface area contributed by atoms with E-state index in [-0.39, 0.29) is 6.03 Å². The number of benzene rings is 1. The topological polar surface area (TPSA) is 97.2 Å². The highest BCUT2D eigenvalue weighted by atomic mass is 31.0. The Morgan fingerprint density at radius 3 is 2.81 bits per heavy atom. The summed E-state index contributed by atoms with van der Waals surface area (Å²) >= 11 is 0. The van der Waals surface area contributed by atoms with Crippen LogP contribution in [0.3, 0.4) is 0 Å². The molecule has 3 aromatic rings. The van der Waals surface area contributed by atoms with Gasteiger partial charge in [-0.1, -0.05) is 0 Å². The number of anilines is 1. The second kappa shape index (κ2) is 7.36. The number of imidazole rings is 1. The lowest BCUT2D eigenvalue weighted by molar-refractivity contribution is 0.219. The van der Waals surface area contributed by atoms with Gasteiger partial charge in [-0.2, -0.15) is 4.98 Å². The van der Waals surface area contributed by atoms with Crippen molar-refractivity contribution in [3.8, 4) is 17.0 Å². The molecule has 10 heteroatoms. The predicted octanol–water partition coefficient (Wildman–Crippen LogP) is 1.58. The molecule has 2 N–H and O–H groups in total. The molecule has 1 saturated heterocycles. The molecule has 140 valence electrons. The first-order valence-corrected chi connectivity index (χ1v) is 9.08. The Balaban J connectivity index is 1.61. The summed E-state index contributed by atoms with van der Waals surface area (Å²) in [6.45, 7) is 2.56. The Labute approximate surface area is 158 Å². The van der Waals surface area contributed by atoms with Crippen LogP contribution in [0.15, 0.2) is 30.6 Å². The van der Waals surface area contributed by atoms with Crippen LogP contribution in [-0.2, 0) is 0 Å². The van der Waals surface area contributed by atoms with Crippen molar-refractivity contribution in [3.63, 3.8) is 0 Å². The molecule has 0 aliphatic carbocycles. The van der Waals surface area contributed by atoms with Crippen LogP contribution in [0.1, 0.15) is 0 Å². The minimum absolute atomic E-state index is 0.0323. The molecule has 0 radical (unpaired) electrons. The fraction of sp³-hybridized carbons (Fsp3) is 0.294. The van der Waals surface area contributed by atoms with Gasteiger partial charge in [-0.15, -0.1) is 0 Å². The Morgan fingerprint density at radius 2 is 2.11 bits per heavy atom. The number of methoxy groups -OCH3 is 1. The number of urea groups is 1. The highest BCUT2D eigenvalue weighted by Crippen LogP contribution is 2.28. The van der Waals surface area contributed by atoms with Gasteiger partial charge in [0.1, 0.15) is 23.3 Å². The second-order valence-corrected chi connectivity index (χ2v) is 6.65. The van der Waals surface area contributed by atoms with Crippen molar-refractivity contribution in [3.05, 3.63) is 30.6 Å². The summed E-state index contributed by atoms with van der Waals surface area (Å²) in [4.78, 5) is 27.0. The molecule has 9 nitrogen and oxygen atoms in total. The Hall–Kier alpha value is -2.93. The summed E-state index contributed by atoms with van der Waals surface area (Å²) < 4.78 is 7.01. The molecule has 1 aliphatic rings. The van der Waals surface area contributed by atoms with Crippen LogP contribution in [0.5, 0.6) is 5.75 Å². The van der Waals surface area contributed by atoms with Gasteiger partial charge in [0.2, 0.25) is 5.95 Å². The lowest BCUT2D eigenvalue weighted by Crippen LogP contribution is -2.32. The molecule has 1 unspecified atom stereocenters. The molecular weight excluding hydrogens is 365 g/mol. The third-order valence-electron chi connectivity index (χ3n) is 4.39. The molecule has 3 heterocycles. The number of nitrogens with zero attached hydrogens (tertiary/aromatic N) is 5. The Morgan fingerprint density at radius 1 is 1.30 bits per heavy atom. The van der Waals surface area contributed by atoms with E-state index in [1.54, 1.807) is 22.7 Å². The van der Waals surface area contributed by atoms with E-state index in [9.17, 15) is 4.79 Å². The van der Waals surface area contributed by atoms with Crippen molar-refractivity contribution in [2.45, 2.75) is 0 Å². The van der Waals surface area contributed by atoms with Crippen LogP contribution in [-0.4, -0.2) is 63.5 Å². The number of rotatable bonds is 6. The van der Waals surface area contributed by atoms with Gasteiger partial charge in [0.05, 0.1) is 7.11 Å². The average molecular weight is 385 g/mol. The first kappa shape index (κ1) is 17.5. The lowest BCUT2D eigenvalue weighted by Gasteiger charge is -2.14. The van der Waals surface area contributed by atoms with Crippen LogP contribution in [0.4, 0.5) is 10.7 Å². The average Bonchev–Trinajstić information content (AvgIpc) is 3.27. The van der Waals surface area contributed by atoms with Crippen molar-refractivity contribution >= 4 is 32.5 Å². The number of fused-ring (bicyclic) bond motifs is 1. The summed E-state index contributed by atoms with van der Waals surface area (Å²) in [5.74, 6) is 1.28. The van der Waals surface area contributed by atoms with E-state index >= 15 is 0 Å². The SMILES string of the molecule is COc1ccc(-c2nc(NCCN3CCNC3=O)nc3c2ncn3P)cc1. The summed E-state index contributed by atoms with van der Waals surface area (Å²) in [6, 6.07) is 7.64. The molecule has 0 saturated carbocycles. The van der Waals surface area contributed by atoms with E-state index in [1.165, 1.54) is 0 Å². The summed E-state index contributed by atoms with van der Waals surface area (Å²) in [5, 5.41) is 6.00. The quantitative estimate of drug-likeness (QED) is 0.626. The summed E-state index contributed by atoms with van der Waals surface area (Å²) in [7, 11) is 4.21. The van der Waals surface area contributed by atoms with E-state index < -0.39 is 0 Å². The number of hydrogen-bond donors (Lipinski definition) is 2. The minimum Gasteiger partial charge on any atom is -0.497 e. The number of carbonyl (C=O) groups is 1. The van der Waals surface area contributed by atoms with E-state index in [4.69, 9.17) is 4.74 Å². The summed E-state index contributed by atoms with van der Waals surface area (Å²) in [5.41, 5.74) is 3.10. The van der Waals surface area contributed by atoms with Gasteiger partial charge in [-0.3, -0.25) is 4.34 Å². The van der Waals surface area contributed by atoms with Crippen molar-refractivity contribution in [2.75, 3.05) is 38.6 Å². The van der Waals surface area contributed by atoms with Gasteiger partial charge in [0.15, 0.2) is 5.65 Å². The Bertz CT molecular complexity index is 973. The zero-order valence-electron chi connectivity index (χ0n) is 14.8. The monoisotopic (exact) mass is 385 g/mol. The zero-order valence-corrected chi connectivity index (χ0v) is 16.0. The fourth-order valence-corrected chi connectivity index (χ4v) is 3.22. The maximum absolute atomic E-state index is 11.6. The minimum atomic E-state index is -0.0323. The van der Waals surface area contributed by atoms with E-state index in [0.29, 0.717) is 31.2 Å². The van der Waals surface area contributed by atoms with Crippen molar-refractivity contribution in [1.82, 2.24) is 29.5 Å². The maximum Gasteiger partial charge on any atom is 0.317 e. The maximum atomic E-state index is 11.6. The molecule has 27 heavy (non-hydrogen) atoms. The highest BCUT2D eigenvalue weighted by Gasteiger charge is 2.19. The van der Waals surface area contributed by atoms with Crippen molar-refractivity contribution in [1.29, 1.82) is 0 Å². The molecule has 0 spiro atoms. The molecular formula is C17H20N7O2P. The third kappa shape index (κ3) is 3.50. The van der Waals surface area contributed by atoms with Crippen LogP contribution < -0.4 is 15.4 Å². The molecule has 0 bridgehead atoms. The van der Waals surface area contributed by atoms with Gasteiger partial charge < -0.3 is 20.3 Å². The normalized spacial score (nSPS) is 13.9. The van der Waals surface area contributed by atoms with Gasteiger partial charge >= 0.3 is 6.03 Å². The first-order chi connectivity index (χ1) is 13.2. The van der Waals surface area contributed by atoms with Crippen LogP contribution >= 0.6 is 9.39 Å². The summed E-state index contributed by atoms with van der Waals surface area (Å²) in [6.07, 6.45) is 1.69. The van der Waals surface area contributed by atoms with Gasteiger partial charge in [-0.25, -0.2) is 14.8 Å². The number of ether oxygens (including phenoxy) is 1. The van der Waals surface area contributed by atoms with Crippen molar-refractivity contribution in [2.24, 2.45) is 0 Å².